The van der Waals surface area contributed by atoms with Crippen molar-refractivity contribution >= 4 is 28.2 Å². The number of fused-ring (bicyclic) bond motifs is 1. The molecule has 0 saturated heterocycles. The van der Waals surface area contributed by atoms with E-state index in [2.05, 4.69) is 15.0 Å². The molecule has 22 heavy (non-hydrogen) atoms. The van der Waals surface area contributed by atoms with E-state index in [4.69, 9.17) is 10.2 Å². The van der Waals surface area contributed by atoms with Gasteiger partial charge < -0.3 is 20.2 Å². The van der Waals surface area contributed by atoms with Crippen molar-refractivity contribution in [2.24, 2.45) is 0 Å². The molecule has 0 aliphatic heterocycles. The Labute approximate surface area is 122 Å². The summed E-state index contributed by atoms with van der Waals surface area (Å²) < 4.78 is 45.5. The van der Waals surface area contributed by atoms with Crippen molar-refractivity contribution in [1.82, 2.24) is 4.98 Å². The van der Waals surface area contributed by atoms with Crippen molar-refractivity contribution in [3.8, 4) is 5.75 Å². The average molecular weight is 309 g/mol. The van der Waals surface area contributed by atoms with Crippen molar-refractivity contribution in [1.29, 1.82) is 0 Å². The molecule has 0 aliphatic carbocycles. The Morgan fingerprint density at radius 1 is 1.14 bits per heavy atom. The van der Waals surface area contributed by atoms with Crippen LogP contribution in [0.1, 0.15) is 0 Å². The number of alkyl halides is 3. The average Bonchev–Trinajstić information content (AvgIpc) is 2.76. The summed E-state index contributed by atoms with van der Waals surface area (Å²) in [5.74, 6) is -0.133. The Bertz CT molecular complexity index is 797. The molecular weight excluding hydrogens is 299 g/mol. The zero-order valence-electron chi connectivity index (χ0n) is 11.0. The minimum atomic E-state index is -4.72. The van der Waals surface area contributed by atoms with Gasteiger partial charge in [0, 0.05) is 17.3 Å². The van der Waals surface area contributed by atoms with E-state index in [1.165, 1.54) is 30.5 Å². The molecule has 1 aromatic carbocycles. The first kappa shape index (κ1) is 14.1. The maximum absolute atomic E-state index is 12.1. The molecule has 0 spiro atoms. The van der Waals surface area contributed by atoms with E-state index < -0.39 is 6.36 Å². The highest BCUT2D eigenvalue weighted by Crippen LogP contribution is 2.35. The van der Waals surface area contributed by atoms with Crippen LogP contribution in [0.4, 0.5) is 30.4 Å². The van der Waals surface area contributed by atoms with Crippen molar-refractivity contribution < 1.29 is 22.3 Å². The fourth-order valence-corrected chi connectivity index (χ4v) is 1.98. The molecule has 114 valence electrons. The molecule has 0 fully saturated rings. The second kappa shape index (κ2) is 5.14. The minimum Gasteiger partial charge on any atom is -0.437 e. The van der Waals surface area contributed by atoms with Crippen LogP contribution in [-0.2, 0) is 0 Å². The van der Waals surface area contributed by atoms with Gasteiger partial charge in [-0.25, -0.2) is 0 Å². The van der Waals surface area contributed by atoms with E-state index in [1.807, 2.05) is 0 Å². The zero-order chi connectivity index (χ0) is 15.7. The number of furan rings is 1. The van der Waals surface area contributed by atoms with Gasteiger partial charge >= 0.3 is 6.36 Å². The highest BCUT2D eigenvalue weighted by atomic mass is 19.4. The van der Waals surface area contributed by atoms with Gasteiger partial charge in [-0.3, -0.25) is 4.98 Å². The van der Waals surface area contributed by atoms with Crippen LogP contribution in [0.3, 0.4) is 0 Å². The van der Waals surface area contributed by atoms with Crippen molar-refractivity contribution in [2.75, 3.05) is 11.1 Å². The fourth-order valence-electron chi connectivity index (χ4n) is 1.98. The maximum Gasteiger partial charge on any atom is 0.573 e. The summed E-state index contributed by atoms with van der Waals surface area (Å²) in [5, 5.41) is 3.73. The lowest BCUT2D eigenvalue weighted by molar-refractivity contribution is -0.274. The lowest BCUT2D eigenvalue weighted by Crippen LogP contribution is -2.16. The van der Waals surface area contributed by atoms with Crippen molar-refractivity contribution in [3.63, 3.8) is 0 Å². The molecule has 3 rings (SSSR count). The molecule has 0 unspecified atom stereocenters. The molecule has 5 nitrogen and oxygen atoms in total. The first-order valence-corrected chi connectivity index (χ1v) is 6.17. The molecular formula is C14H10F3N3O2. The summed E-state index contributed by atoms with van der Waals surface area (Å²) in [6.45, 7) is 0. The zero-order valence-corrected chi connectivity index (χ0v) is 11.0. The largest absolute Gasteiger partial charge is 0.573 e. The number of ether oxygens (including phenoxy) is 1. The lowest BCUT2D eigenvalue weighted by Gasteiger charge is -2.10. The second-order valence-corrected chi connectivity index (χ2v) is 4.41. The van der Waals surface area contributed by atoms with Gasteiger partial charge in [-0.2, -0.15) is 0 Å². The van der Waals surface area contributed by atoms with Crippen LogP contribution < -0.4 is 15.8 Å². The number of benzene rings is 1. The van der Waals surface area contributed by atoms with Crippen molar-refractivity contribution in [3.05, 3.63) is 42.7 Å². The molecule has 3 N–H and O–H groups in total. The summed E-state index contributed by atoms with van der Waals surface area (Å²) in [4.78, 5) is 3.92. The molecule has 0 atom stereocenters. The smallest absolute Gasteiger partial charge is 0.437 e. The lowest BCUT2D eigenvalue weighted by atomic mass is 10.2. The van der Waals surface area contributed by atoms with Crippen LogP contribution in [-0.4, -0.2) is 11.3 Å². The highest BCUT2D eigenvalue weighted by molar-refractivity contribution is 5.97. The predicted molar refractivity (Wildman–Crippen MR) is 74.8 cm³/mol. The molecule has 2 heterocycles. The van der Waals surface area contributed by atoms with Crippen LogP contribution in [0.25, 0.3) is 11.0 Å². The van der Waals surface area contributed by atoms with Gasteiger partial charge in [0.2, 0.25) is 5.88 Å². The molecule has 0 amide bonds. The summed E-state index contributed by atoms with van der Waals surface area (Å²) >= 11 is 0. The molecule has 2 aromatic heterocycles. The number of nitrogen functional groups attached to an aromatic ring is 1. The van der Waals surface area contributed by atoms with Gasteiger partial charge in [-0.1, -0.05) is 0 Å². The molecule has 8 heteroatoms. The van der Waals surface area contributed by atoms with Gasteiger partial charge in [0.1, 0.15) is 11.4 Å². The number of nitrogens with two attached hydrogens (primary N) is 1. The number of nitrogens with zero attached hydrogens (tertiary/aromatic N) is 1. The third kappa shape index (κ3) is 2.90. The van der Waals surface area contributed by atoms with Crippen LogP contribution in [0.15, 0.2) is 47.1 Å². The van der Waals surface area contributed by atoms with E-state index in [0.29, 0.717) is 17.0 Å². The first-order valence-electron chi connectivity index (χ1n) is 6.17. The Morgan fingerprint density at radius 2 is 1.86 bits per heavy atom. The topological polar surface area (TPSA) is 73.3 Å². The summed E-state index contributed by atoms with van der Waals surface area (Å²) in [7, 11) is 0. The Kier molecular flexibility index (Phi) is 3.28. The van der Waals surface area contributed by atoms with Gasteiger partial charge in [0.25, 0.3) is 0 Å². The first-order chi connectivity index (χ1) is 10.4. The predicted octanol–water partition coefficient (Wildman–Crippen LogP) is 4.05. The van der Waals surface area contributed by atoms with E-state index in [0.717, 1.165) is 5.39 Å². The number of pyridine rings is 1. The molecule has 0 radical (unpaired) electrons. The molecule has 0 aliphatic rings. The second-order valence-electron chi connectivity index (χ2n) is 4.41. The number of rotatable bonds is 3. The highest BCUT2D eigenvalue weighted by Gasteiger charge is 2.30. The van der Waals surface area contributed by atoms with Crippen LogP contribution in [0.5, 0.6) is 5.75 Å². The van der Waals surface area contributed by atoms with E-state index in [1.54, 1.807) is 12.3 Å². The number of nitrogens with one attached hydrogen (secondary N) is 1. The third-order valence-electron chi connectivity index (χ3n) is 2.88. The van der Waals surface area contributed by atoms with Crippen LogP contribution in [0, 0.1) is 0 Å². The Balaban J connectivity index is 1.85. The summed E-state index contributed by atoms with van der Waals surface area (Å²) in [6.07, 6.45) is -1.60. The van der Waals surface area contributed by atoms with Crippen molar-refractivity contribution in [2.45, 2.75) is 6.36 Å². The number of halogens is 3. The number of hydrogen-bond acceptors (Lipinski definition) is 5. The van der Waals surface area contributed by atoms with E-state index >= 15 is 0 Å². The number of anilines is 3. The van der Waals surface area contributed by atoms with Crippen LogP contribution in [0.2, 0.25) is 0 Å². The molecule has 0 bridgehead atoms. The van der Waals surface area contributed by atoms with Gasteiger partial charge in [-0.05, 0) is 30.3 Å². The Morgan fingerprint density at radius 3 is 2.55 bits per heavy atom. The van der Waals surface area contributed by atoms with Gasteiger partial charge in [0.15, 0.2) is 5.58 Å². The minimum absolute atomic E-state index is 0.165. The van der Waals surface area contributed by atoms with E-state index in [9.17, 15) is 13.2 Å². The van der Waals surface area contributed by atoms with Crippen LogP contribution >= 0.6 is 0 Å². The number of hydrogen-bond donors (Lipinski definition) is 2. The molecule has 3 aromatic rings. The monoisotopic (exact) mass is 309 g/mol. The summed E-state index contributed by atoms with van der Waals surface area (Å²) in [5.41, 5.74) is 7.37. The standard InChI is InChI=1S/C14H10F3N3O2/c15-14(16,17)22-9-3-1-8(2-4-9)20-12-10-5-6-19-7-11(10)21-13(12)18/h1-7,20H,18H2. The Hall–Kier alpha value is -2.90. The van der Waals surface area contributed by atoms with E-state index in [-0.39, 0.29) is 11.6 Å². The van der Waals surface area contributed by atoms with Gasteiger partial charge in [-0.15, -0.1) is 13.2 Å². The third-order valence-corrected chi connectivity index (χ3v) is 2.88. The molecule has 0 saturated carbocycles. The summed E-state index contributed by atoms with van der Waals surface area (Å²) in [6, 6.07) is 7.02. The van der Waals surface area contributed by atoms with Gasteiger partial charge in [0.05, 0.1) is 6.20 Å². The quantitative estimate of drug-likeness (QED) is 0.763. The maximum atomic E-state index is 12.1. The number of aromatic nitrogens is 1. The fraction of sp³-hybridized carbons (Fsp3) is 0.0714. The normalized spacial score (nSPS) is 11.6. The SMILES string of the molecule is Nc1oc2cnccc2c1Nc1ccc(OC(F)(F)F)cc1.